The molecule has 1 aromatic rings. The lowest BCUT2D eigenvalue weighted by molar-refractivity contribution is 0.0164. The second kappa shape index (κ2) is 4.38. The van der Waals surface area contributed by atoms with Crippen LogP contribution >= 0.6 is 11.8 Å². The molecule has 104 valence electrons. The van der Waals surface area contributed by atoms with E-state index >= 15 is 0 Å². The van der Waals surface area contributed by atoms with Gasteiger partial charge in [-0.2, -0.15) is 11.8 Å². The van der Waals surface area contributed by atoms with Crippen LogP contribution in [0.2, 0.25) is 0 Å². The zero-order valence-corrected chi connectivity index (χ0v) is 12.2. The van der Waals surface area contributed by atoms with E-state index in [1.165, 1.54) is 12.1 Å². The fourth-order valence-corrected chi connectivity index (χ4v) is 4.78. The number of fused-ring (bicyclic) bond motifs is 1. The molecule has 0 aromatic heterocycles. The molecule has 1 aromatic carbocycles. The van der Waals surface area contributed by atoms with Gasteiger partial charge in [-0.05, 0) is 23.7 Å². The monoisotopic (exact) mass is 281 g/mol. The van der Waals surface area contributed by atoms with E-state index in [2.05, 4.69) is 13.8 Å². The maximum Gasteiger partial charge on any atom is 0.127 e. The normalized spacial score (nSPS) is 32.7. The van der Waals surface area contributed by atoms with Gasteiger partial charge < -0.3 is 10.5 Å². The number of hydrogen-bond acceptors (Lipinski definition) is 3. The van der Waals surface area contributed by atoms with Crippen molar-refractivity contribution in [1.29, 1.82) is 0 Å². The minimum Gasteiger partial charge on any atom is -0.486 e. The van der Waals surface area contributed by atoms with Gasteiger partial charge in [0.05, 0.1) is 0 Å². The number of rotatable bonds is 0. The van der Waals surface area contributed by atoms with E-state index in [4.69, 9.17) is 10.5 Å². The Labute approximate surface area is 117 Å². The molecule has 19 heavy (non-hydrogen) atoms. The molecular weight excluding hydrogens is 261 g/mol. The Morgan fingerprint density at radius 1 is 1.37 bits per heavy atom. The highest BCUT2D eigenvalue weighted by Gasteiger charge is 2.46. The molecule has 0 amide bonds. The van der Waals surface area contributed by atoms with Gasteiger partial charge in [-0.3, -0.25) is 0 Å². The Morgan fingerprint density at radius 2 is 2.16 bits per heavy atom. The summed E-state index contributed by atoms with van der Waals surface area (Å²) in [6.45, 7) is 4.52. The third-order valence-electron chi connectivity index (χ3n) is 3.95. The van der Waals surface area contributed by atoms with Gasteiger partial charge in [0.1, 0.15) is 17.2 Å². The molecule has 0 bridgehead atoms. The molecule has 0 aliphatic carbocycles. The molecule has 2 heterocycles. The van der Waals surface area contributed by atoms with Crippen LogP contribution in [0.3, 0.4) is 0 Å². The molecule has 2 unspecified atom stereocenters. The van der Waals surface area contributed by atoms with Crippen molar-refractivity contribution in [3.63, 3.8) is 0 Å². The summed E-state index contributed by atoms with van der Waals surface area (Å²) >= 11 is 1.91. The Balaban J connectivity index is 1.95. The third-order valence-corrected chi connectivity index (χ3v) is 5.67. The van der Waals surface area contributed by atoms with E-state index < -0.39 is 0 Å². The smallest absolute Gasteiger partial charge is 0.127 e. The lowest BCUT2D eigenvalue weighted by Gasteiger charge is -2.48. The molecule has 0 saturated carbocycles. The first-order valence-electron chi connectivity index (χ1n) is 6.71. The van der Waals surface area contributed by atoms with Crippen LogP contribution in [0.5, 0.6) is 5.75 Å². The maximum atomic E-state index is 13.4. The van der Waals surface area contributed by atoms with Crippen molar-refractivity contribution in [3.8, 4) is 5.75 Å². The molecule has 1 saturated heterocycles. The molecule has 2 aliphatic rings. The summed E-state index contributed by atoms with van der Waals surface area (Å²) in [6, 6.07) is 4.63. The Bertz CT molecular complexity index is 505. The minimum absolute atomic E-state index is 0.0566. The van der Waals surface area contributed by atoms with Crippen LogP contribution in [0.25, 0.3) is 0 Å². The standard InChI is InChI=1S/C15H20FNOS/c1-14(2)7-15(9-19-8-14)6-12(17)11-4-3-10(16)5-13(11)18-15/h3-5,12H,6-9,17H2,1-2H3. The number of hydrogen-bond donors (Lipinski definition) is 1. The molecule has 1 spiro atoms. The average Bonchev–Trinajstić information content (AvgIpc) is 2.25. The van der Waals surface area contributed by atoms with Gasteiger partial charge in [0.15, 0.2) is 0 Å². The Hall–Kier alpha value is -0.740. The van der Waals surface area contributed by atoms with Gasteiger partial charge in [0.25, 0.3) is 0 Å². The molecule has 3 rings (SSSR count). The van der Waals surface area contributed by atoms with Crippen LogP contribution in [0.4, 0.5) is 4.39 Å². The van der Waals surface area contributed by atoms with Crippen LogP contribution in [-0.4, -0.2) is 17.1 Å². The number of halogens is 1. The van der Waals surface area contributed by atoms with Crippen molar-refractivity contribution >= 4 is 11.8 Å². The van der Waals surface area contributed by atoms with Gasteiger partial charge in [-0.1, -0.05) is 19.9 Å². The van der Waals surface area contributed by atoms with E-state index in [0.29, 0.717) is 5.75 Å². The first-order chi connectivity index (χ1) is 8.89. The first-order valence-corrected chi connectivity index (χ1v) is 7.87. The van der Waals surface area contributed by atoms with Gasteiger partial charge in [-0.25, -0.2) is 4.39 Å². The Kier molecular flexibility index (Phi) is 3.06. The number of nitrogens with two attached hydrogens (primary N) is 1. The van der Waals surface area contributed by atoms with E-state index in [0.717, 1.165) is 29.9 Å². The summed E-state index contributed by atoms with van der Waals surface area (Å²) < 4.78 is 19.6. The van der Waals surface area contributed by atoms with Crippen LogP contribution in [0.1, 0.15) is 38.3 Å². The highest BCUT2D eigenvalue weighted by Crippen LogP contribution is 2.48. The third kappa shape index (κ3) is 2.48. The van der Waals surface area contributed by atoms with E-state index in [-0.39, 0.29) is 22.9 Å². The van der Waals surface area contributed by atoms with Crippen molar-refractivity contribution in [2.75, 3.05) is 11.5 Å². The number of thioether (sulfide) groups is 1. The second-order valence-electron chi connectivity index (χ2n) is 6.61. The SMILES string of the molecule is CC1(C)CSCC2(CC(N)c3ccc(F)cc3O2)C1. The molecule has 1 fully saturated rings. The lowest BCUT2D eigenvalue weighted by Crippen LogP contribution is -2.51. The van der Waals surface area contributed by atoms with Gasteiger partial charge in [0.2, 0.25) is 0 Å². The molecule has 2 atom stereocenters. The Morgan fingerprint density at radius 3 is 2.89 bits per heavy atom. The minimum atomic E-state index is -0.259. The number of ether oxygens (including phenoxy) is 1. The number of benzene rings is 1. The fourth-order valence-electron chi connectivity index (χ4n) is 3.37. The summed E-state index contributed by atoms with van der Waals surface area (Å²) in [6.07, 6.45) is 1.80. The largest absolute Gasteiger partial charge is 0.486 e. The van der Waals surface area contributed by atoms with Crippen LogP contribution in [0.15, 0.2) is 18.2 Å². The summed E-state index contributed by atoms with van der Waals surface area (Å²) in [5.74, 6) is 2.46. The predicted molar refractivity (Wildman–Crippen MR) is 77.0 cm³/mol. The first kappa shape index (κ1) is 13.3. The van der Waals surface area contributed by atoms with Crippen LogP contribution in [0, 0.1) is 11.2 Å². The molecule has 2 nitrogen and oxygen atoms in total. The highest BCUT2D eigenvalue weighted by molar-refractivity contribution is 7.99. The predicted octanol–water partition coefficient (Wildman–Crippen LogP) is 3.51. The summed E-state index contributed by atoms with van der Waals surface area (Å²) in [7, 11) is 0. The lowest BCUT2D eigenvalue weighted by atomic mass is 9.76. The zero-order valence-electron chi connectivity index (χ0n) is 11.4. The van der Waals surface area contributed by atoms with Gasteiger partial charge >= 0.3 is 0 Å². The summed E-state index contributed by atoms with van der Waals surface area (Å²) in [5, 5.41) is 0. The molecule has 4 heteroatoms. The molecule has 2 aliphatic heterocycles. The summed E-state index contributed by atoms with van der Waals surface area (Å²) in [5.41, 5.74) is 7.22. The van der Waals surface area contributed by atoms with Crippen LogP contribution < -0.4 is 10.5 Å². The highest BCUT2D eigenvalue weighted by atomic mass is 32.2. The fraction of sp³-hybridized carbons (Fsp3) is 0.600. The maximum absolute atomic E-state index is 13.4. The second-order valence-corrected chi connectivity index (χ2v) is 7.60. The van der Waals surface area contributed by atoms with Gasteiger partial charge in [-0.15, -0.1) is 0 Å². The molecular formula is C15H20FNOS. The van der Waals surface area contributed by atoms with Crippen molar-refractivity contribution in [1.82, 2.24) is 0 Å². The topological polar surface area (TPSA) is 35.2 Å². The van der Waals surface area contributed by atoms with E-state index in [1.807, 2.05) is 11.8 Å². The zero-order chi connectivity index (χ0) is 13.7. The van der Waals surface area contributed by atoms with Crippen molar-refractivity contribution in [3.05, 3.63) is 29.6 Å². The average molecular weight is 281 g/mol. The van der Waals surface area contributed by atoms with Crippen molar-refractivity contribution in [2.45, 2.75) is 38.3 Å². The van der Waals surface area contributed by atoms with Crippen LogP contribution in [-0.2, 0) is 0 Å². The van der Waals surface area contributed by atoms with Crippen molar-refractivity contribution < 1.29 is 9.13 Å². The van der Waals surface area contributed by atoms with Crippen molar-refractivity contribution in [2.24, 2.45) is 11.1 Å². The van der Waals surface area contributed by atoms with Gasteiger partial charge in [0, 0.05) is 29.8 Å². The molecule has 2 N–H and O–H groups in total. The molecule has 0 radical (unpaired) electrons. The van der Waals surface area contributed by atoms with E-state index in [1.54, 1.807) is 6.07 Å². The quantitative estimate of drug-likeness (QED) is 0.790. The van der Waals surface area contributed by atoms with E-state index in [9.17, 15) is 4.39 Å². The summed E-state index contributed by atoms with van der Waals surface area (Å²) in [4.78, 5) is 0.